The largest absolute Gasteiger partial charge is 0.457 e. The molecule has 3 aromatic rings. The first kappa shape index (κ1) is 23.7. The van der Waals surface area contributed by atoms with E-state index in [0.717, 1.165) is 23.8 Å². The molecular weight excluding hydrogens is 493 g/mol. The Labute approximate surface area is 200 Å². The van der Waals surface area contributed by atoms with Crippen LogP contribution in [0.5, 0.6) is 0 Å². The minimum absolute atomic E-state index is 0.0452. The highest BCUT2D eigenvalue weighted by Crippen LogP contribution is 2.34. The van der Waals surface area contributed by atoms with Crippen LogP contribution in [0.4, 0.5) is 23.7 Å². The van der Waals surface area contributed by atoms with Crippen LogP contribution >= 0.6 is 23.4 Å². The Morgan fingerprint density at radius 2 is 1.85 bits per heavy atom. The maximum atomic E-state index is 12.8. The predicted octanol–water partition coefficient (Wildman–Crippen LogP) is 6.29. The average molecular weight is 507 g/mol. The Bertz CT molecular complexity index is 1320. The Hall–Kier alpha value is -3.50. The molecule has 1 saturated heterocycles. The number of anilines is 1. The molecule has 11 heteroatoms. The lowest BCUT2D eigenvalue weighted by Gasteiger charge is -2.13. The van der Waals surface area contributed by atoms with Crippen LogP contribution in [0.2, 0.25) is 5.02 Å². The van der Waals surface area contributed by atoms with Gasteiger partial charge in [-0.25, -0.2) is 0 Å². The van der Waals surface area contributed by atoms with Crippen molar-refractivity contribution in [3.63, 3.8) is 0 Å². The van der Waals surface area contributed by atoms with E-state index >= 15 is 0 Å². The van der Waals surface area contributed by atoms with Gasteiger partial charge in [0, 0.05) is 22.3 Å². The maximum absolute atomic E-state index is 12.8. The minimum atomic E-state index is -4.57. The third kappa shape index (κ3) is 5.35. The summed E-state index contributed by atoms with van der Waals surface area (Å²) in [7, 11) is 0. The number of carbonyl (C=O) groups excluding carboxylic acids is 3. The Balaban J connectivity index is 1.44. The zero-order valence-electron chi connectivity index (χ0n) is 17.1. The molecule has 34 heavy (non-hydrogen) atoms. The van der Waals surface area contributed by atoms with Crippen molar-refractivity contribution in [2.75, 3.05) is 11.9 Å². The number of hydrogen-bond donors (Lipinski definition) is 1. The summed E-state index contributed by atoms with van der Waals surface area (Å²) in [5.41, 5.74) is -0.312. The second kappa shape index (κ2) is 9.40. The van der Waals surface area contributed by atoms with Gasteiger partial charge in [0.05, 0.1) is 10.5 Å². The molecule has 1 fully saturated rings. The Morgan fingerprint density at radius 1 is 1.09 bits per heavy atom. The summed E-state index contributed by atoms with van der Waals surface area (Å²) >= 11 is 6.61. The van der Waals surface area contributed by atoms with Crippen molar-refractivity contribution in [2.45, 2.75) is 6.18 Å². The van der Waals surface area contributed by atoms with E-state index in [2.05, 4.69) is 5.32 Å². The first-order valence-electron chi connectivity index (χ1n) is 9.68. The molecule has 2 aromatic carbocycles. The van der Waals surface area contributed by atoms with Crippen molar-refractivity contribution >= 4 is 52.2 Å². The van der Waals surface area contributed by atoms with Gasteiger partial charge in [-0.05, 0) is 54.2 Å². The lowest BCUT2D eigenvalue weighted by molar-refractivity contribution is -0.137. The normalized spacial score (nSPS) is 15.3. The van der Waals surface area contributed by atoms with E-state index in [1.165, 1.54) is 12.1 Å². The topological polar surface area (TPSA) is 79.6 Å². The molecule has 0 unspecified atom stereocenters. The van der Waals surface area contributed by atoms with E-state index < -0.39 is 35.3 Å². The third-order valence-corrected chi connectivity index (χ3v) is 5.80. The molecule has 3 amide bonds. The smallest absolute Gasteiger partial charge is 0.416 e. The molecule has 1 N–H and O–H groups in total. The molecule has 4 rings (SSSR count). The van der Waals surface area contributed by atoms with Gasteiger partial charge in [0.15, 0.2) is 0 Å². The number of benzene rings is 2. The Morgan fingerprint density at radius 3 is 2.59 bits per heavy atom. The fourth-order valence-corrected chi connectivity index (χ4v) is 4.12. The lowest BCUT2D eigenvalue weighted by atomic mass is 10.2. The van der Waals surface area contributed by atoms with Crippen LogP contribution in [0.3, 0.4) is 0 Å². The zero-order valence-corrected chi connectivity index (χ0v) is 18.6. The summed E-state index contributed by atoms with van der Waals surface area (Å²) < 4.78 is 44.2. The molecule has 1 aromatic heterocycles. The summed E-state index contributed by atoms with van der Waals surface area (Å²) in [4.78, 5) is 38.0. The van der Waals surface area contributed by atoms with Crippen LogP contribution in [0.15, 0.2) is 70.0 Å². The van der Waals surface area contributed by atoms with Gasteiger partial charge in [-0.3, -0.25) is 19.3 Å². The first-order chi connectivity index (χ1) is 16.1. The first-order valence-corrected chi connectivity index (χ1v) is 10.9. The van der Waals surface area contributed by atoms with Gasteiger partial charge in [-0.2, -0.15) is 13.2 Å². The van der Waals surface area contributed by atoms with Crippen LogP contribution < -0.4 is 5.32 Å². The lowest BCUT2D eigenvalue weighted by Crippen LogP contribution is -2.36. The third-order valence-electron chi connectivity index (χ3n) is 4.66. The SMILES string of the molecule is O=C(CN1C(=O)SC(=Cc2ccc(-c3cccc(Cl)c3)o2)C1=O)Nc1cccc(C(F)(F)F)c1. The van der Waals surface area contributed by atoms with Crippen molar-refractivity contribution in [1.82, 2.24) is 4.90 Å². The van der Waals surface area contributed by atoms with Gasteiger partial charge in [-0.15, -0.1) is 0 Å². The van der Waals surface area contributed by atoms with Crippen molar-refractivity contribution in [2.24, 2.45) is 0 Å². The van der Waals surface area contributed by atoms with E-state index in [1.807, 2.05) is 0 Å². The van der Waals surface area contributed by atoms with Crippen LogP contribution in [-0.2, 0) is 15.8 Å². The van der Waals surface area contributed by atoms with Crippen LogP contribution in [-0.4, -0.2) is 28.5 Å². The monoisotopic (exact) mass is 506 g/mol. The highest BCUT2D eigenvalue weighted by molar-refractivity contribution is 8.18. The summed E-state index contributed by atoms with van der Waals surface area (Å²) in [6.07, 6.45) is -3.19. The number of nitrogens with one attached hydrogen (secondary N) is 1. The molecule has 6 nitrogen and oxygen atoms in total. The van der Waals surface area contributed by atoms with E-state index in [0.29, 0.717) is 33.2 Å². The number of halogens is 4. The number of carbonyl (C=O) groups is 3. The van der Waals surface area contributed by atoms with Crippen molar-refractivity contribution in [3.8, 4) is 11.3 Å². The second-order valence-electron chi connectivity index (χ2n) is 7.11. The number of alkyl halides is 3. The maximum Gasteiger partial charge on any atom is 0.416 e. The van der Waals surface area contributed by atoms with Gasteiger partial charge >= 0.3 is 6.18 Å². The molecule has 0 aliphatic carbocycles. The molecule has 174 valence electrons. The summed E-state index contributed by atoms with van der Waals surface area (Å²) in [6, 6.07) is 14.3. The van der Waals surface area contributed by atoms with Crippen molar-refractivity contribution in [3.05, 3.63) is 81.9 Å². The van der Waals surface area contributed by atoms with E-state index in [4.69, 9.17) is 16.0 Å². The number of nitrogens with zero attached hydrogens (tertiary/aromatic N) is 1. The average Bonchev–Trinajstić information content (AvgIpc) is 3.34. The minimum Gasteiger partial charge on any atom is -0.457 e. The number of rotatable bonds is 5. The molecule has 0 spiro atoms. The predicted molar refractivity (Wildman–Crippen MR) is 122 cm³/mol. The molecule has 1 aliphatic heterocycles. The van der Waals surface area contributed by atoms with E-state index in [1.54, 1.807) is 36.4 Å². The van der Waals surface area contributed by atoms with Gasteiger partial charge in [-0.1, -0.05) is 29.8 Å². The molecule has 0 radical (unpaired) electrons. The van der Waals surface area contributed by atoms with Crippen LogP contribution in [0.1, 0.15) is 11.3 Å². The van der Waals surface area contributed by atoms with E-state index in [-0.39, 0.29) is 10.6 Å². The molecule has 1 aliphatic rings. The number of amides is 3. The number of furan rings is 1. The molecule has 0 bridgehead atoms. The highest BCUT2D eigenvalue weighted by Gasteiger charge is 2.37. The summed E-state index contributed by atoms with van der Waals surface area (Å²) in [5.74, 6) is -0.707. The Kier molecular flexibility index (Phi) is 6.54. The van der Waals surface area contributed by atoms with Gasteiger partial charge in [0.1, 0.15) is 18.1 Å². The van der Waals surface area contributed by atoms with Crippen molar-refractivity contribution in [1.29, 1.82) is 0 Å². The van der Waals surface area contributed by atoms with Gasteiger partial charge in [0.2, 0.25) is 5.91 Å². The summed E-state index contributed by atoms with van der Waals surface area (Å²) in [5, 5.41) is 2.11. The molecule has 0 atom stereocenters. The van der Waals surface area contributed by atoms with Gasteiger partial charge in [0.25, 0.3) is 11.1 Å². The standard InChI is InChI=1S/C23H14ClF3N2O4S/c24-15-5-1-3-13(9-15)18-8-7-17(33-18)11-19-21(31)29(22(32)34-19)12-20(30)28-16-6-2-4-14(10-16)23(25,26)27/h1-11H,12H2,(H,28,30). The van der Waals surface area contributed by atoms with Crippen LogP contribution in [0, 0.1) is 0 Å². The zero-order chi connectivity index (χ0) is 24.5. The molecule has 2 heterocycles. The molecular formula is C23H14ClF3N2O4S. The number of thioether (sulfide) groups is 1. The van der Waals surface area contributed by atoms with Gasteiger partial charge < -0.3 is 9.73 Å². The number of hydrogen-bond acceptors (Lipinski definition) is 5. The fraction of sp³-hybridized carbons (Fsp3) is 0.0870. The number of imide groups is 1. The highest BCUT2D eigenvalue weighted by atomic mass is 35.5. The second-order valence-corrected chi connectivity index (χ2v) is 8.54. The fourth-order valence-electron chi connectivity index (χ4n) is 3.11. The quantitative estimate of drug-likeness (QED) is 0.411. The molecule has 0 saturated carbocycles. The van der Waals surface area contributed by atoms with E-state index in [9.17, 15) is 27.6 Å². The summed E-state index contributed by atoms with van der Waals surface area (Å²) in [6.45, 7) is -0.649. The van der Waals surface area contributed by atoms with Crippen LogP contribution in [0.25, 0.3) is 17.4 Å². The van der Waals surface area contributed by atoms with Crippen molar-refractivity contribution < 1.29 is 32.0 Å².